The molecular weight excluding hydrogens is 478 g/mol. The van der Waals surface area contributed by atoms with E-state index in [-0.39, 0.29) is 9.81 Å². The fraction of sp³-hybridized carbons (Fsp3) is 0.111. The molecule has 1 aliphatic rings. The molecule has 0 bridgehead atoms. The summed E-state index contributed by atoms with van der Waals surface area (Å²) in [6, 6.07) is 22.3. The molecule has 178 valence electrons. The number of carbonyl (C=O) groups excluding carboxylic acids is 1. The van der Waals surface area contributed by atoms with E-state index in [2.05, 4.69) is 14.4 Å². The van der Waals surface area contributed by atoms with Crippen molar-refractivity contribution in [1.82, 2.24) is 0 Å². The molecule has 0 spiro atoms. The van der Waals surface area contributed by atoms with Crippen molar-refractivity contribution in [2.45, 2.75) is 20.8 Å². The van der Waals surface area contributed by atoms with Crippen molar-refractivity contribution in [3.8, 4) is 0 Å². The van der Waals surface area contributed by atoms with Gasteiger partial charge in [0.1, 0.15) is 9.81 Å². The zero-order valence-corrected chi connectivity index (χ0v) is 21.2. The van der Waals surface area contributed by atoms with E-state index in [9.17, 15) is 13.2 Å². The van der Waals surface area contributed by atoms with E-state index in [1.807, 2.05) is 81.4 Å². The highest BCUT2D eigenvalue weighted by atomic mass is 32.2. The van der Waals surface area contributed by atoms with E-state index in [0.717, 1.165) is 16.7 Å². The number of ketones is 1. The van der Waals surface area contributed by atoms with E-state index in [1.54, 1.807) is 12.1 Å². The van der Waals surface area contributed by atoms with E-state index < -0.39 is 27.8 Å². The zero-order chi connectivity index (χ0) is 24.9. The first-order chi connectivity index (χ1) is 16.8. The Hall–Kier alpha value is -3.62. The maximum atomic E-state index is 13.3. The molecule has 3 aromatic rings. The van der Waals surface area contributed by atoms with Crippen LogP contribution in [-0.4, -0.2) is 19.9 Å². The van der Waals surface area contributed by atoms with Crippen LogP contribution in [0.2, 0.25) is 0 Å². The summed E-state index contributed by atoms with van der Waals surface area (Å²) in [5.74, 6) is -0.563. The fourth-order valence-corrected chi connectivity index (χ4v) is 5.51. The Balaban J connectivity index is 1.70. The molecule has 35 heavy (non-hydrogen) atoms. The number of para-hydroxylation sites is 2. The van der Waals surface area contributed by atoms with Gasteiger partial charge in [-0.15, -0.1) is 0 Å². The number of hydrogen-bond donors (Lipinski definition) is 2. The molecule has 0 amide bonds. The highest BCUT2D eigenvalue weighted by Gasteiger charge is 2.30. The fourth-order valence-electron chi connectivity index (χ4n) is 3.36. The van der Waals surface area contributed by atoms with E-state index in [4.69, 9.17) is 0 Å². The normalized spacial score (nSPS) is 15.1. The third-order valence-electron chi connectivity index (χ3n) is 5.39. The summed E-state index contributed by atoms with van der Waals surface area (Å²) in [5.41, 5.74) is 5.21. The number of aliphatic imine (C=N–C) groups is 1. The number of allylic oxidation sites excluding steroid dienone is 4. The third-order valence-corrected chi connectivity index (χ3v) is 7.61. The van der Waals surface area contributed by atoms with Crippen LogP contribution in [-0.2, 0) is 26.8 Å². The van der Waals surface area contributed by atoms with Gasteiger partial charge in [0.25, 0.3) is 0 Å². The van der Waals surface area contributed by atoms with Crippen molar-refractivity contribution in [3.63, 3.8) is 0 Å². The van der Waals surface area contributed by atoms with Crippen molar-refractivity contribution >= 4 is 50.5 Å². The lowest BCUT2D eigenvalue weighted by Gasteiger charge is -2.17. The second-order valence-electron chi connectivity index (χ2n) is 8.09. The first kappa shape index (κ1) is 24.5. The molecule has 0 fully saturated rings. The van der Waals surface area contributed by atoms with Crippen LogP contribution in [0.4, 0.5) is 17.1 Å². The monoisotopic (exact) mass is 503 g/mol. The summed E-state index contributed by atoms with van der Waals surface area (Å²) in [7, 11) is -3.78. The van der Waals surface area contributed by atoms with Gasteiger partial charge in [0.05, 0.1) is 11.4 Å². The number of nitrogens with zero attached hydrogens (tertiary/aromatic N) is 1. The summed E-state index contributed by atoms with van der Waals surface area (Å²) in [5, 5.41) is 0. The number of anilines is 2. The summed E-state index contributed by atoms with van der Waals surface area (Å²) >= 11 is 0. The number of aryl methyl sites for hydroxylation is 3. The smallest absolute Gasteiger partial charge is 0.214 e. The van der Waals surface area contributed by atoms with Crippen LogP contribution in [0.5, 0.6) is 0 Å². The Labute approximate surface area is 210 Å². The van der Waals surface area contributed by atoms with Gasteiger partial charge in [-0.05, 0) is 68.3 Å². The van der Waals surface area contributed by atoms with Crippen LogP contribution in [0.15, 0.2) is 99.8 Å². The molecule has 0 saturated carbocycles. The van der Waals surface area contributed by atoms with Gasteiger partial charge in [0.15, 0.2) is 22.0 Å². The number of benzene rings is 3. The molecule has 2 unspecified atom stereocenters. The highest BCUT2D eigenvalue weighted by Crippen LogP contribution is 2.25. The van der Waals surface area contributed by atoms with Crippen LogP contribution in [0.1, 0.15) is 16.7 Å². The Morgan fingerprint density at radius 2 is 1.11 bits per heavy atom. The first-order valence-corrected chi connectivity index (χ1v) is 13.2. The van der Waals surface area contributed by atoms with E-state index >= 15 is 0 Å². The molecule has 8 heteroatoms. The molecule has 4 rings (SSSR count). The number of rotatable bonds is 7. The van der Waals surface area contributed by atoms with Gasteiger partial charge in [0, 0.05) is 11.4 Å². The molecule has 2 atom stereocenters. The van der Waals surface area contributed by atoms with Crippen molar-refractivity contribution < 1.29 is 13.2 Å². The number of hydrogen-bond acceptors (Lipinski definition) is 4. The minimum atomic E-state index is -1.89. The van der Waals surface area contributed by atoms with E-state index in [0.29, 0.717) is 22.8 Å². The predicted octanol–water partition coefficient (Wildman–Crippen LogP) is 5.59. The lowest BCUT2D eigenvalue weighted by atomic mass is 10.1. The van der Waals surface area contributed by atoms with Crippen LogP contribution in [0.25, 0.3) is 0 Å². The minimum Gasteiger partial charge on any atom is -0.301 e. The number of nitrogens with one attached hydrogen (secondary N) is 2. The molecule has 0 heterocycles. The maximum Gasteiger partial charge on any atom is 0.214 e. The van der Waals surface area contributed by atoms with E-state index in [1.165, 1.54) is 12.2 Å². The van der Waals surface area contributed by atoms with Gasteiger partial charge in [0.2, 0.25) is 5.78 Å². The van der Waals surface area contributed by atoms with Crippen LogP contribution < -0.4 is 9.44 Å². The molecule has 2 N–H and O–H groups in total. The zero-order valence-electron chi connectivity index (χ0n) is 19.6. The average Bonchev–Trinajstić information content (AvgIpc) is 2.84. The van der Waals surface area contributed by atoms with Crippen molar-refractivity contribution in [3.05, 3.63) is 111 Å². The molecule has 1 aliphatic carbocycles. The summed E-state index contributed by atoms with van der Waals surface area (Å²) in [6.07, 6.45) is 2.97. The topological polar surface area (TPSA) is 87.6 Å². The average molecular weight is 504 g/mol. The van der Waals surface area contributed by atoms with Gasteiger partial charge in [-0.2, -0.15) is 0 Å². The van der Waals surface area contributed by atoms with Crippen molar-refractivity contribution in [2.75, 3.05) is 9.44 Å². The van der Waals surface area contributed by atoms with Gasteiger partial charge in [-0.3, -0.25) is 4.79 Å². The molecule has 6 nitrogen and oxygen atoms in total. The third kappa shape index (κ3) is 5.90. The van der Waals surface area contributed by atoms with Gasteiger partial charge < -0.3 is 9.44 Å². The van der Waals surface area contributed by atoms with Gasteiger partial charge in [-0.1, -0.05) is 54.1 Å². The Kier molecular flexibility index (Phi) is 7.53. The Bertz CT molecular complexity index is 1340. The van der Waals surface area contributed by atoms with Crippen LogP contribution in [0, 0.1) is 20.8 Å². The lowest BCUT2D eigenvalue weighted by molar-refractivity contribution is -0.111. The Morgan fingerprint density at radius 3 is 1.57 bits per heavy atom. The second kappa shape index (κ2) is 10.8. The van der Waals surface area contributed by atoms with Gasteiger partial charge >= 0.3 is 0 Å². The SMILES string of the molecule is Cc1ccc(N=C2C=C(S(=O)Nc3ccccc3C)C(=O)C(S(=O)Nc3ccccc3C)=C2)cc1. The standard InChI is InChI=1S/C27H25N3O3S2/c1-18-12-14-21(15-13-18)28-22-16-25(34(32)29-23-10-6-4-8-19(23)2)27(31)26(17-22)35(33)30-24-11-7-5-9-20(24)3/h4-17,29-30H,1-3H3. The van der Waals surface area contributed by atoms with Crippen molar-refractivity contribution in [1.29, 1.82) is 0 Å². The van der Waals surface area contributed by atoms with Crippen LogP contribution in [0.3, 0.4) is 0 Å². The Morgan fingerprint density at radius 1 is 0.657 bits per heavy atom. The largest absolute Gasteiger partial charge is 0.301 e. The highest BCUT2D eigenvalue weighted by molar-refractivity contribution is 7.93. The summed E-state index contributed by atoms with van der Waals surface area (Å²) in [6.45, 7) is 5.74. The molecule has 0 radical (unpaired) electrons. The predicted molar refractivity (Wildman–Crippen MR) is 145 cm³/mol. The summed E-state index contributed by atoms with van der Waals surface area (Å²) in [4.78, 5) is 17.9. The molecular formula is C27H25N3O3S2. The molecule has 3 aromatic carbocycles. The maximum absolute atomic E-state index is 13.3. The number of carbonyl (C=O) groups is 1. The van der Waals surface area contributed by atoms with Crippen LogP contribution >= 0.6 is 0 Å². The second-order valence-corrected chi connectivity index (χ2v) is 10.5. The minimum absolute atomic E-state index is 0.0171. The molecule has 0 aromatic heterocycles. The lowest BCUT2D eigenvalue weighted by Crippen LogP contribution is -2.25. The molecule has 0 aliphatic heterocycles. The first-order valence-electron chi connectivity index (χ1n) is 10.9. The summed E-state index contributed by atoms with van der Waals surface area (Å²) < 4.78 is 32.3. The molecule has 0 saturated heterocycles. The van der Waals surface area contributed by atoms with Gasteiger partial charge in [-0.25, -0.2) is 13.4 Å². The number of Topliss-reactive ketones (excluding diaryl/α,β-unsaturated/α-hetero) is 1. The quantitative estimate of drug-likeness (QED) is 0.412. The van der Waals surface area contributed by atoms with Crippen molar-refractivity contribution in [2.24, 2.45) is 4.99 Å².